The highest BCUT2D eigenvalue weighted by Crippen LogP contribution is 2.41. The Morgan fingerprint density at radius 1 is 1.09 bits per heavy atom. The Bertz CT molecular complexity index is 1250. The Balaban J connectivity index is 1.87. The van der Waals surface area contributed by atoms with Gasteiger partial charge in [-0.2, -0.15) is 0 Å². The first-order valence-electron chi connectivity index (χ1n) is 11.0. The molecule has 1 amide bonds. The maximum atomic E-state index is 13.2. The summed E-state index contributed by atoms with van der Waals surface area (Å²) >= 11 is 0. The molecule has 174 valence electrons. The number of carbonyl (C=O) groups is 2. The minimum atomic E-state index is -0.841. The number of ether oxygens (including phenoxy) is 1. The smallest absolute Gasteiger partial charge is 0.296 e. The zero-order valence-corrected chi connectivity index (χ0v) is 19.2. The van der Waals surface area contributed by atoms with Gasteiger partial charge in [0.1, 0.15) is 17.3 Å². The van der Waals surface area contributed by atoms with E-state index >= 15 is 0 Å². The molecule has 1 aliphatic heterocycles. The first-order valence-corrected chi connectivity index (χ1v) is 11.0. The van der Waals surface area contributed by atoms with Crippen LogP contribution in [0.3, 0.4) is 0 Å². The summed E-state index contributed by atoms with van der Waals surface area (Å²) in [5.41, 5.74) is 2.48. The largest absolute Gasteiger partial charge is 0.508 e. The van der Waals surface area contributed by atoms with E-state index in [0.29, 0.717) is 22.6 Å². The molecule has 7 nitrogen and oxygen atoms in total. The SMILES string of the molecule is COc1ccc(/C(O)=C2/C(=O)C(=O)N(Cc3ccccn3)C2c2ccc(O)cc2)cc1C(C)C. The molecule has 1 unspecified atom stereocenters. The molecule has 0 saturated carbocycles. The first kappa shape index (κ1) is 23.0. The molecule has 1 aliphatic rings. The number of benzene rings is 2. The Kier molecular flexibility index (Phi) is 6.36. The van der Waals surface area contributed by atoms with Crippen molar-refractivity contribution in [3.8, 4) is 11.5 Å². The van der Waals surface area contributed by atoms with E-state index in [2.05, 4.69) is 4.98 Å². The summed E-state index contributed by atoms with van der Waals surface area (Å²) in [4.78, 5) is 32.0. The number of aromatic nitrogens is 1. The van der Waals surface area contributed by atoms with Crippen molar-refractivity contribution in [1.29, 1.82) is 0 Å². The van der Waals surface area contributed by atoms with E-state index in [-0.39, 0.29) is 29.5 Å². The van der Waals surface area contributed by atoms with Gasteiger partial charge in [0, 0.05) is 11.8 Å². The fourth-order valence-corrected chi connectivity index (χ4v) is 4.20. The number of hydrogen-bond donors (Lipinski definition) is 2. The van der Waals surface area contributed by atoms with Crippen LogP contribution >= 0.6 is 0 Å². The number of nitrogens with zero attached hydrogens (tertiary/aromatic N) is 2. The Morgan fingerprint density at radius 2 is 1.82 bits per heavy atom. The van der Waals surface area contributed by atoms with Gasteiger partial charge >= 0.3 is 0 Å². The topological polar surface area (TPSA) is 100.0 Å². The molecule has 2 heterocycles. The van der Waals surface area contributed by atoms with Gasteiger partial charge in [0.05, 0.1) is 31.0 Å². The molecular formula is C27H26N2O5. The van der Waals surface area contributed by atoms with Crippen LogP contribution < -0.4 is 4.74 Å². The van der Waals surface area contributed by atoms with Crippen molar-refractivity contribution in [3.63, 3.8) is 0 Å². The number of aromatic hydroxyl groups is 1. The fraction of sp³-hybridized carbons (Fsp3) is 0.222. The lowest BCUT2D eigenvalue weighted by Gasteiger charge is -2.25. The number of carbonyl (C=O) groups excluding carboxylic acids is 2. The van der Waals surface area contributed by atoms with Crippen molar-refractivity contribution in [2.45, 2.75) is 32.4 Å². The molecule has 7 heteroatoms. The summed E-state index contributed by atoms with van der Waals surface area (Å²) < 4.78 is 5.43. The standard InChI is InChI=1S/C27H26N2O5/c1-16(2)21-14-18(9-12-22(21)34-3)25(31)23-24(17-7-10-20(30)11-8-17)29(27(33)26(23)32)15-19-6-4-5-13-28-19/h4-14,16,24,30-31H,15H2,1-3H3/b25-23-. The van der Waals surface area contributed by atoms with Crippen LogP contribution in [0.25, 0.3) is 5.76 Å². The summed E-state index contributed by atoms with van der Waals surface area (Å²) in [6.07, 6.45) is 1.62. The second-order valence-electron chi connectivity index (χ2n) is 8.45. The highest BCUT2D eigenvalue weighted by molar-refractivity contribution is 6.46. The number of phenolic OH excluding ortho intramolecular Hbond substituents is 1. The normalized spacial score (nSPS) is 17.4. The van der Waals surface area contributed by atoms with Crippen LogP contribution in [0, 0.1) is 0 Å². The minimum Gasteiger partial charge on any atom is -0.508 e. The number of aliphatic hydroxyl groups is 1. The summed E-state index contributed by atoms with van der Waals surface area (Å²) in [6.45, 7) is 4.10. The lowest BCUT2D eigenvalue weighted by atomic mass is 9.93. The molecule has 1 saturated heterocycles. The summed E-state index contributed by atoms with van der Waals surface area (Å²) in [5, 5.41) is 21.1. The maximum absolute atomic E-state index is 13.2. The molecule has 0 spiro atoms. The van der Waals surface area contributed by atoms with Gasteiger partial charge in [-0.15, -0.1) is 0 Å². The van der Waals surface area contributed by atoms with Crippen LogP contribution in [0.5, 0.6) is 11.5 Å². The van der Waals surface area contributed by atoms with Crippen LogP contribution in [-0.2, 0) is 16.1 Å². The average molecular weight is 459 g/mol. The average Bonchev–Trinajstić information content (AvgIpc) is 3.09. The van der Waals surface area contributed by atoms with Gasteiger partial charge < -0.3 is 19.8 Å². The third-order valence-corrected chi connectivity index (χ3v) is 5.93. The maximum Gasteiger partial charge on any atom is 0.296 e. The Labute approximate surface area is 198 Å². The molecule has 2 aromatic carbocycles. The van der Waals surface area contributed by atoms with Crippen molar-refractivity contribution in [1.82, 2.24) is 9.88 Å². The Morgan fingerprint density at radius 3 is 2.44 bits per heavy atom. The number of likely N-dealkylation sites (tertiary alicyclic amines) is 1. The summed E-state index contributed by atoms with van der Waals surface area (Å²) in [6, 6.07) is 15.9. The van der Waals surface area contributed by atoms with E-state index in [1.807, 2.05) is 13.8 Å². The second-order valence-corrected chi connectivity index (χ2v) is 8.45. The second kappa shape index (κ2) is 9.39. The highest BCUT2D eigenvalue weighted by atomic mass is 16.5. The number of ketones is 1. The predicted octanol–water partition coefficient (Wildman–Crippen LogP) is 4.54. The number of amides is 1. The quantitative estimate of drug-likeness (QED) is 0.320. The van der Waals surface area contributed by atoms with Gasteiger partial charge in [0.15, 0.2) is 0 Å². The number of aliphatic hydroxyl groups excluding tert-OH is 1. The summed E-state index contributed by atoms with van der Waals surface area (Å²) in [7, 11) is 1.58. The molecule has 0 aliphatic carbocycles. The zero-order chi connectivity index (χ0) is 24.4. The van der Waals surface area contributed by atoms with E-state index < -0.39 is 17.7 Å². The number of phenols is 1. The van der Waals surface area contributed by atoms with Crippen LogP contribution in [0.4, 0.5) is 0 Å². The molecule has 0 bridgehead atoms. The molecule has 2 N–H and O–H groups in total. The number of rotatable bonds is 6. The van der Waals surface area contributed by atoms with E-state index in [4.69, 9.17) is 4.74 Å². The minimum absolute atomic E-state index is 0.00788. The van der Waals surface area contributed by atoms with Gasteiger partial charge in [0.25, 0.3) is 11.7 Å². The van der Waals surface area contributed by atoms with Gasteiger partial charge in [-0.05, 0) is 59.5 Å². The molecule has 1 fully saturated rings. The van der Waals surface area contributed by atoms with Crippen molar-refractivity contribution in [3.05, 3.63) is 94.8 Å². The van der Waals surface area contributed by atoms with E-state index in [1.165, 1.54) is 17.0 Å². The van der Waals surface area contributed by atoms with E-state index in [9.17, 15) is 19.8 Å². The lowest BCUT2D eigenvalue weighted by Crippen LogP contribution is -2.29. The van der Waals surface area contributed by atoms with Gasteiger partial charge in [-0.25, -0.2) is 0 Å². The molecule has 34 heavy (non-hydrogen) atoms. The predicted molar refractivity (Wildman–Crippen MR) is 127 cm³/mol. The molecule has 0 radical (unpaired) electrons. The fourth-order valence-electron chi connectivity index (χ4n) is 4.20. The van der Waals surface area contributed by atoms with Gasteiger partial charge in [-0.3, -0.25) is 14.6 Å². The number of pyridine rings is 1. The van der Waals surface area contributed by atoms with Crippen LogP contribution in [0.2, 0.25) is 0 Å². The van der Waals surface area contributed by atoms with Crippen LogP contribution in [0.1, 0.15) is 48.2 Å². The number of methoxy groups -OCH3 is 1. The van der Waals surface area contributed by atoms with E-state index in [1.54, 1.807) is 61.8 Å². The van der Waals surface area contributed by atoms with Crippen molar-refractivity contribution in [2.24, 2.45) is 0 Å². The Hall–Kier alpha value is -4.13. The lowest BCUT2D eigenvalue weighted by molar-refractivity contribution is -0.140. The van der Waals surface area contributed by atoms with Crippen LogP contribution in [-0.4, -0.2) is 38.9 Å². The molecule has 3 aromatic rings. The van der Waals surface area contributed by atoms with Crippen molar-refractivity contribution >= 4 is 17.4 Å². The highest BCUT2D eigenvalue weighted by Gasteiger charge is 2.46. The first-order chi connectivity index (χ1) is 16.3. The van der Waals surface area contributed by atoms with Crippen LogP contribution in [0.15, 0.2) is 72.4 Å². The number of Topliss-reactive ketones (excluding diaryl/α,β-unsaturated/α-hetero) is 1. The molecule has 4 rings (SSSR count). The summed E-state index contributed by atoms with van der Waals surface area (Å²) in [5.74, 6) is -0.901. The van der Waals surface area contributed by atoms with Gasteiger partial charge in [-0.1, -0.05) is 32.0 Å². The molecular weight excluding hydrogens is 432 g/mol. The molecule has 1 aromatic heterocycles. The third kappa shape index (κ3) is 4.24. The van der Waals surface area contributed by atoms with Gasteiger partial charge in [0.2, 0.25) is 0 Å². The number of hydrogen-bond acceptors (Lipinski definition) is 6. The van der Waals surface area contributed by atoms with Crippen molar-refractivity contribution in [2.75, 3.05) is 7.11 Å². The zero-order valence-electron chi connectivity index (χ0n) is 19.2. The molecule has 1 atom stereocenters. The monoisotopic (exact) mass is 458 g/mol. The van der Waals surface area contributed by atoms with Crippen molar-refractivity contribution < 1.29 is 24.5 Å². The third-order valence-electron chi connectivity index (χ3n) is 5.93. The van der Waals surface area contributed by atoms with E-state index in [0.717, 1.165) is 5.56 Å².